The molecule has 0 spiro atoms. The van der Waals surface area contributed by atoms with E-state index >= 15 is 0 Å². The number of benzene rings is 4. The number of aryl methyl sites for hydroxylation is 1. The summed E-state index contributed by atoms with van der Waals surface area (Å²) in [4.78, 5) is 9.11. The Labute approximate surface area is 211 Å². The van der Waals surface area contributed by atoms with Gasteiger partial charge in [-0.2, -0.15) is 10.2 Å². The number of phenols is 1. The zero-order valence-corrected chi connectivity index (χ0v) is 20.0. The summed E-state index contributed by atoms with van der Waals surface area (Å²) < 4.78 is 5.87. The number of phenolic OH excluding ortho intramolecular Hbond substituents is 1. The predicted molar refractivity (Wildman–Crippen MR) is 140 cm³/mol. The smallest absolute Gasteiger partial charge is 0.227 e. The number of aromatic hydroxyl groups is 1. The predicted octanol–water partition coefficient (Wildman–Crippen LogP) is 8.98. The third-order valence-electron chi connectivity index (χ3n) is 5.25. The summed E-state index contributed by atoms with van der Waals surface area (Å²) in [5.74, 6) is 0.525. The first-order valence-electron chi connectivity index (χ1n) is 10.7. The van der Waals surface area contributed by atoms with Crippen LogP contribution in [0.4, 0.5) is 17.1 Å². The summed E-state index contributed by atoms with van der Waals surface area (Å²) in [7, 11) is 0. The highest BCUT2D eigenvalue weighted by atomic mass is 35.5. The van der Waals surface area contributed by atoms with Crippen LogP contribution in [0.15, 0.2) is 98.5 Å². The highest BCUT2D eigenvalue weighted by Gasteiger charge is 2.10. The normalized spacial score (nSPS) is 11.7. The number of nitrogens with zero attached hydrogens (tertiary/aromatic N) is 4. The average Bonchev–Trinajstić information content (AvgIpc) is 3.26. The van der Waals surface area contributed by atoms with Crippen molar-refractivity contribution in [2.75, 3.05) is 0 Å². The van der Waals surface area contributed by atoms with Gasteiger partial charge in [-0.1, -0.05) is 35.3 Å². The minimum atomic E-state index is 0.0425. The van der Waals surface area contributed by atoms with Crippen molar-refractivity contribution in [2.24, 2.45) is 15.2 Å². The highest BCUT2D eigenvalue weighted by Crippen LogP contribution is 2.31. The second kappa shape index (κ2) is 9.70. The first kappa shape index (κ1) is 22.8. The molecule has 0 fully saturated rings. The van der Waals surface area contributed by atoms with Gasteiger partial charge in [0.05, 0.1) is 17.1 Å². The fourth-order valence-electron chi connectivity index (χ4n) is 3.40. The van der Waals surface area contributed by atoms with Crippen molar-refractivity contribution in [3.05, 3.63) is 100 Å². The van der Waals surface area contributed by atoms with Crippen molar-refractivity contribution in [3.63, 3.8) is 0 Å². The topological polar surface area (TPSA) is 83.3 Å². The van der Waals surface area contributed by atoms with Crippen LogP contribution in [0, 0.1) is 6.92 Å². The number of rotatable bonds is 5. The van der Waals surface area contributed by atoms with Crippen molar-refractivity contribution in [1.82, 2.24) is 4.98 Å². The monoisotopic (exact) mass is 500 g/mol. The molecule has 0 saturated heterocycles. The molecule has 5 rings (SSSR count). The Kier molecular flexibility index (Phi) is 6.31. The summed E-state index contributed by atoms with van der Waals surface area (Å²) >= 11 is 12.0. The molecule has 172 valence electrons. The molecular weight excluding hydrogens is 483 g/mol. The molecule has 0 bridgehead atoms. The molecule has 0 unspecified atom stereocenters. The molecule has 0 atom stereocenters. The lowest BCUT2D eigenvalue weighted by molar-refractivity contribution is 0.474. The Bertz CT molecular complexity index is 1610. The second-order valence-electron chi connectivity index (χ2n) is 7.81. The van der Waals surface area contributed by atoms with Crippen LogP contribution < -0.4 is 0 Å². The molecule has 0 amide bonds. The molecule has 6 nitrogen and oxygen atoms in total. The zero-order valence-electron chi connectivity index (χ0n) is 18.5. The third kappa shape index (κ3) is 5.24. The minimum Gasteiger partial charge on any atom is -0.507 e. The van der Waals surface area contributed by atoms with E-state index in [9.17, 15) is 5.11 Å². The number of hydrogen-bond donors (Lipinski definition) is 1. The molecule has 1 N–H and O–H groups in total. The van der Waals surface area contributed by atoms with Gasteiger partial charge in [0, 0.05) is 33.5 Å². The second-order valence-corrected chi connectivity index (χ2v) is 8.69. The Morgan fingerprint density at radius 2 is 1.66 bits per heavy atom. The van der Waals surface area contributed by atoms with Gasteiger partial charge in [-0.05, 0) is 73.2 Å². The van der Waals surface area contributed by atoms with E-state index in [0.717, 1.165) is 16.8 Å². The van der Waals surface area contributed by atoms with E-state index in [-0.39, 0.29) is 5.75 Å². The number of halogens is 2. The lowest BCUT2D eigenvalue weighted by Crippen LogP contribution is -1.84. The molecule has 1 heterocycles. The highest BCUT2D eigenvalue weighted by molar-refractivity contribution is 6.31. The summed E-state index contributed by atoms with van der Waals surface area (Å²) in [6, 6.07) is 23.2. The van der Waals surface area contributed by atoms with E-state index in [1.165, 1.54) is 6.07 Å². The van der Waals surface area contributed by atoms with Gasteiger partial charge >= 0.3 is 0 Å². The molecule has 0 aliphatic heterocycles. The van der Waals surface area contributed by atoms with E-state index in [1.807, 2.05) is 25.1 Å². The maximum atomic E-state index is 10.5. The lowest BCUT2D eigenvalue weighted by Gasteiger charge is -2.04. The Hall–Kier alpha value is -4.00. The first-order valence-corrected chi connectivity index (χ1v) is 11.4. The van der Waals surface area contributed by atoms with E-state index in [0.29, 0.717) is 44.0 Å². The number of aliphatic imine (C=N–C) groups is 1. The quantitative estimate of drug-likeness (QED) is 0.193. The van der Waals surface area contributed by atoms with E-state index in [1.54, 1.807) is 60.8 Å². The molecule has 0 saturated carbocycles. The van der Waals surface area contributed by atoms with Crippen LogP contribution in [0.5, 0.6) is 5.75 Å². The van der Waals surface area contributed by atoms with Crippen LogP contribution in [0.1, 0.15) is 11.1 Å². The average molecular weight is 501 g/mol. The molecular formula is C27H18Cl2N4O2. The number of oxazole rings is 1. The summed E-state index contributed by atoms with van der Waals surface area (Å²) in [6.07, 6.45) is 1.60. The maximum Gasteiger partial charge on any atom is 0.227 e. The first-order chi connectivity index (χ1) is 16.9. The summed E-state index contributed by atoms with van der Waals surface area (Å²) in [5.41, 5.74) is 5.52. The lowest BCUT2D eigenvalue weighted by atomic mass is 10.1. The van der Waals surface area contributed by atoms with Crippen LogP contribution in [0.2, 0.25) is 10.0 Å². The molecule has 0 aliphatic carbocycles. The van der Waals surface area contributed by atoms with Gasteiger partial charge in [0.25, 0.3) is 0 Å². The van der Waals surface area contributed by atoms with Gasteiger partial charge in [-0.15, -0.1) is 0 Å². The van der Waals surface area contributed by atoms with Crippen LogP contribution in [0.25, 0.3) is 22.6 Å². The third-order valence-corrected chi connectivity index (χ3v) is 5.72. The van der Waals surface area contributed by atoms with Gasteiger partial charge in [0.2, 0.25) is 5.89 Å². The van der Waals surface area contributed by atoms with Gasteiger partial charge in [-0.3, -0.25) is 4.99 Å². The maximum absolute atomic E-state index is 10.5. The van der Waals surface area contributed by atoms with Crippen LogP contribution >= 0.6 is 23.2 Å². The SMILES string of the molecule is Cc1ccc(-c2nc3cc(Cl)ccc3o2)cc1N=Cc1ccc(N=Nc2cccc(Cl)c2)cc1O. The Morgan fingerprint density at radius 3 is 2.46 bits per heavy atom. The summed E-state index contributed by atoms with van der Waals surface area (Å²) in [5, 5.41) is 19.9. The van der Waals surface area contributed by atoms with Crippen molar-refractivity contribution in [2.45, 2.75) is 6.92 Å². The van der Waals surface area contributed by atoms with Crippen LogP contribution in [0.3, 0.4) is 0 Å². The molecule has 0 radical (unpaired) electrons. The zero-order chi connectivity index (χ0) is 24.4. The number of hydrogen-bond acceptors (Lipinski definition) is 6. The number of fused-ring (bicyclic) bond motifs is 1. The molecule has 8 heteroatoms. The van der Waals surface area contributed by atoms with Crippen LogP contribution in [-0.2, 0) is 0 Å². The van der Waals surface area contributed by atoms with Crippen molar-refractivity contribution in [3.8, 4) is 17.2 Å². The fourth-order valence-corrected chi connectivity index (χ4v) is 3.75. The van der Waals surface area contributed by atoms with Crippen LogP contribution in [-0.4, -0.2) is 16.3 Å². The molecule has 4 aromatic carbocycles. The Morgan fingerprint density at radius 1 is 0.857 bits per heavy atom. The molecule has 0 aliphatic rings. The van der Waals surface area contributed by atoms with Crippen molar-refractivity contribution < 1.29 is 9.52 Å². The largest absolute Gasteiger partial charge is 0.507 e. The van der Waals surface area contributed by atoms with Crippen molar-refractivity contribution >= 4 is 57.6 Å². The molecule has 5 aromatic rings. The fraction of sp³-hybridized carbons (Fsp3) is 0.0370. The van der Waals surface area contributed by atoms with Gasteiger partial charge < -0.3 is 9.52 Å². The van der Waals surface area contributed by atoms with E-state index < -0.39 is 0 Å². The summed E-state index contributed by atoms with van der Waals surface area (Å²) in [6.45, 7) is 1.96. The van der Waals surface area contributed by atoms with Crippen molar-refractivity contribution in [1.29, 1.82) is 0 Å². The van der Waals surface area contributed by atoms with Gasteiger partial charge in [0.1, 0.15) is 11.3 Å². The number of aromatic nitrogens is 1. The number of azo groups is 1. The molecule has 1 aromatic heterocycles. The van der Waals surface area contributed by atoms with E-state index in [4.69, 9.17) is 27.6 Å². The van der Waals surface area contributed by atoms with E-state index in [2.05, 4.69) is 20.2 Å². The molecule has 35 heavy (non-hydrogen) atoms. The Balaban J connectivity index is 1.38. The van der Waals surface area contributed by atoms with Gasteiger partial charge in [0.15, 0.2) is 5.58 Å². The standard InChI is InChI=1S/C27H18Cl2N4O2/c1-16-5-6-17(27-31-24-13-20(29)8-10-26(24)35-27)11-23(16)30-15-18-7-9-22(14-25(18)34)33-32-21-4-2-3-19(28)12-21/h2-15,34H,1H3. The van der Waals surface area contributed by atoms with Gasteiger partial charge in [-0.25, -0.2) is 4.98 Å². The minimum absolute atomic E-state index is 0.0425.